The summed E-state index contributed by atoms with van der Waals surface area (Å²) in [4.78, 5) is 9.86. The number of hydrogen-bond acceptors (Lipinski definition) is 3. The third-order valence-electron chi connectivity index (χ3n) is 11.9. The van der Waals surface area contributed by atoms with Gasteiger partial charge in [-0.3, -0.25) is 4.57 Å². The fourth-order valence-corrected chi connectivity index (χ4v) is 10.9. The number of rotatable bonds is 4. The van der Waals surface area contributed by atoms with E-state index in [9.17, 15) is 0 Å². The van der Waals surface area contributed by atoms with Crippen molar-refractivity contribution in [1.82, 2.24) is 19.1 Å². The second-order valence-electron chi connectivity index (χ2n) is 15.2. The Balaban J connectivity index is 1.22. The van der Waals surface area contributed by atoms with Crippen LogP contribution in [0.25, 0.3) is 108 Å². The molecule has 58 heavy (non-hydrogen) atoms. The molecule has 0 saturated carbocycles. The molecule has 0 bridgehead atoms. The number of aromatic nitrogens is 4. The molecule has 0 radical (unpaired) electrons. The highest BCUT2D eigenvalue weighted by Crippen LogP contribution is 2.49. The summed E-state index contributed by atoms with van der Waals surface area (Å²) < 4.78 is 7.23. The Morgan fingerprint density at radius 2 is 1.10 bits per heavy atom. The van der Waals surface area contributed by atoms with E-state index in [2.05, 4.69) is 180 Å². The Hall–Kier alpha value is -6.79. The standard InChI is InChI=1S/C52H33ClN4S/c1-30-14-6-7-17-35(30)46-31(2)54-52(53)55-51(46)57-44-27-25-33(32-24-26-43-40(28-32)36-18-10-12-22-42(36)56(43)34-15-4-3-5-16-34)29-41(44)47-37-19-8-9-20-38(37)48-39-21-11-13-23-45(39)58-50(48)49(47)57/h3-29H,1-2H3. The zero-order valence-corrected chi connectivity index (χ0v) is 33.2. The minimum Gasteiger partial charge on any atom is -0.309 e. The van der Waals surface area contributed by atoms with Crippen LogP contribution in [-0.4, -0.2) is 19.1 Å². The molecular formula is C52H33ClN4S. The van der Waals surface area contributed by atoms with Crippen molar-refractivity contribution < 1.29 is 0 Å². The topological polar surface area (TPSA) is 35.6 Å². The first-order valence-electron chi connectivity index (χ1n) is 19.5. The van der Waals surface area contributed by atoms with Gasteiger partial charge in [0.25, 0.3) is 0 Å². The Bertz CT molecular complexity index is 3670. The van der Waals surface area contributed by atoms with Crippen molar-refractivity contribution in [3.8, 4) is 33.8 Å². The van der Waals surface area contributed by atoms with Gasteiger partial charge in [-0.25, -0.2) is 4.98 Å². The molecule has 0 aliphatic heterocycles. The molecule has 4 aromatic heterocycles. The molecule has 0 N–H and O–H groups in total. The van der Waals surface area contributed by atoms with Crippen LogP contribution in [0.5, 0.6) is 0 Å². The molecule has 12 rings (SSSR count). The number of halogens is 1. The minimum absolute atomic E-state index is 0.229. The van der Waals surface area contributed by atoms with Crippen LogP contribution in [0, 0.1) is 13.8 Å². The van der Waals surface area contributed by atoms with E-state index in [0.717, 1.165) is 55.9 Å². The number of thiophene rings is 1. The van der Waals surface area contributed by atoms with Gasteiger partial charge in [0.05, 0.1) is 32.5 Å². The predicted octanol–water partition coefficient (Wildman–Crippen LogP) is 14.8. The molecule has 0 aliphatic carbocycles. The molecule has 8 aromatic carbocycles. The Labute approximate surface area is 342 Å². The molecule has 6 heteroatoms. The summed E-state index contributed by atoms with van der Waals surface area (Å²) in [5, 5.41) is 10.1. The van der Waals surface area contributed by atoms with E-state index in [1.54, 1.807) is 0 Å². The molecule has 0 spiro atoms. The van der Waals surface area contributed by atoms with Crippen molar-refractivity contribution in [2.45, 2.75) is 13.8 Å². The smallest absolute Gasteiger partial charge is 0.224 e. The van der Waals surface area contributed by atoms with Crippen LogP contribution in [0.2, 0.25) is 5.28 Å². The summed E-state index contributed by atoms with van der Waals surface area (Å²) in [7, 11) is 0. The van der Waals surface area contributed by atoms with E-state index in [1.165, 1.54) is 63.7 Å². The third kappa shape index (κ3) is 4.75. The molecule has 0 atom stereocenters. The summed E-state index contributed by atoms with van der Waals surface area (Å²) in [6.45, 7) is 4.19. The molecule has 0 fully saturated rings. The second kappa shape index (κ2) is 12.6. The second-order valence-corrected chi connectivity index (χ2v) is 16.5. The van der Waals surface area contributed by atoms with Gasteiger partial charge in [-0.2, -0.15) is 4.98 Å². The van der Waals surface area contributed by atoms with Crippen molar-refractivity contribution in [2.24, 2.45) is 0 Å². The van der Waals surface area contributed by atoms with Crippen molar-refractivity contribution in [2.75, 3.05) is 0 Å². The lowest BCUT2D eigenvalue weighted by Gasteiger charge is -2.17. The number of benzene rings is 8. The van der Waals surface area contributed by atoms with E-state index in [4.69, 9.17) is 21.6 Å². The SMILES string of the molecule is Cc1ccccc1-c1c(C)nc(Cl)nc1-n1c2ccc(-c3ccc4c(c3)c3ccccc3n4-c3ccccc3)cc2c2c3ccccc3c3c4ccccc4sc3c21. The molecule has 12 aromatic rings. The summed E-state index contributed by atoms with van der Waals surface area (Å²) in [5.74, 6) is 0.781. The molecule has 0 saturated heterocycles. The number of fused-ring (bicyclic) bond motifs is 13. The zero-order valence-electron chi connectivity index (χ0n) is 31.7. The zero-order chi connectivity index (χ0) is 38.6. The number of aryl methyl sites for hydroxylation is 2. The summed E-state index contributed by atoms with van der Waals surface area (Å²) in [5.41, 5.74) is 12.1. The fraction of sp³-hybridized carbons (Fsp3) is 0.0385. The van der Waals surface area contributed by atoms with Crippen LogP contribution >= 0.6 is 22.9 Å². The highest BCUT2D eigenvalue weighted by Gasteiger charge is 2.26. The maximum absolute atomic E-state index is 6.85. The summed E-state index contributed by atoms with van der Waals surface area (Å²) >= 11 is 8.69. The first-order valence-corrected chi connectivity index (χ1v) is 20.7. The van der Waals surface area contributed by atoms with Crippen molar-refractivity contribution in [3.63, 3.8) is 0 Å². The van der Waals surface area contributed by atoms with Gasteiger partial charge in [0.15, 0.2) is 5.82 Å². The Morgan fingerprint density at radius 3 is 1.88 bits per heavy atom. The third-order valence-corrected chi connectivity index (χ3v) is 13.3. The van der Waals surface area contributed by atoms with Crippen LogP contribution in [0.15, 0.2) is 164 Å². The van der Waals surface area contributed by atoms with Gasteiger partial charge in [0.1, 0.15) is 0 Å². The minimum atomic E-state index is 0.229. The largest absolute Gasteiger partial charge is 0.309 e. The number of nitrogens with zero attached hydrogens (tertiary/aromatic N) is 4. The molecular weight excluding hydrogens is 748 g/mol. The maximum Gasteiger partial charge on any atom is 0.224 e. The van der Waals surface area contributed by atoms with Gasteiger partial charge >= 0.3 is 0 Å². The number of hydrogen-bond donors (Lipinski definition) is 0. The van der Waals surface area contributed by atoms with E-state index in [-0.39, 0.29) is 5.28 Å². The highest BCUT2D eigenvalue weighted by molar-refractivity contribution is 7.27. The maximum atomic E-state index is 6.85. The van der Waals surface area contributed by atoms with Gasteiger partial charge in [0.2, 0.25) is 5.28 Å². The quantitative estimate of drug-likeness (QED) is 0.167. The van der Waals surface area contributed by atoms with Gasteiger partial charge in [-0.15, -0.1) is 11.3 Å². The van der Waals surface area contributed by atoms with E-state index >= 15 is 0 Å². The van der Waals surface area contributed by atoms with Crippen molar-refractivity contribution in [3.05, 3.63) is 180 Å². The molecule has 0 unspecified atom stereocenters. The molecule has 4 nitrogen and oxygen atoms in total. The molecule has 274 valence electrons. The normalized spacial score (nSPS) is 12.1. The lowest BCUT2D eigenvalue weighted by molar-refractivity contribution is 1.02. The first-order chi connectivity index (χ1) is 28.5. The first kappa shape index (κ1) is 33.4. The summed E-state index contributed by atoms with van der Waals surface area (Å²) in [6, 6.07) is 59.4. The Morgan fingerprint density at radius 1 is 0.500 bits per heavy atom. The predicted molar refractivity (Wildman–Crippen MR) is 246 cm³/mol. The lowest BCUT2D eigenvalue weighted by atomic mass is 9.97. The van der Waals surface area contributed by atoms with Gasteiger partial charge in [0, 0.05) is 48.3 Å². The van der Waals surface area contributed by atoms with Crippen LogP contribution in [0.3, 0.4) is 0 Å². The molecule has 0 aliphatic rings. The summed E-state index contributed by atoms with van der Waals surface area (Å²) in [6.07, 6.45) is 0. The Kier molecular flexibility index (Phi) is 7.25. The lowest BCUT2D eigenvalue weighted by Crippen LogP contribution is -2.05. The van der Waals surface area contributed by atoms with Gasteiger partial charge in [-0.05, 0) is 107 Å². The van der Waals surface area contributed by atoms with Crippen LogP contribution < -0.4 is 0 Å². The van der Waals surface area contributed by atoms with Crippen molar-refractivity contribution in [1.29, 1.82) is 0 Å². The van der Waals surface area contributed by atoms with Crippen LogP contribution in [0.1, 0.15) is 11.3 Å². The van der Waals surface area contributed by atoms with Crippen LogP contribution in [0.4, 0.5) is 0 Å². The van der Waals surface area contributed by atoms with Crippen molar-refractivity contribution >= 4 is 97.5 Å². The monoisotopic (exact) mass is 780 g/mol. The van der Waals surface area contributed by atoms with Gasteiger partial charge in [-0.1, -0.05) is 115 Å². The fourth-order valence-electron chi connectivity index (χ4n) is 9.44. The van der Waals surface area contributed by atoms with E-state index < -0.39 is 0 Å². The van der Waals surface area contributed by atoms with Crippen LogP contribution in [-0.2, 0) is 0 Å². The molecule has 4 heterocycles. The van der Waals surface area contributed by atoms with Gasteiger partial charge < -0.3 is 4.57 Å². The van der Waals surface area contributed by atoms with E-state index in [1.807, 2.05) is 18.3 Å². The average molecular weight is 781 g/mol. The number of para-hydroxylation sites is 2. The average Bonchev–Trinajstić information content (AvgIpc) is 3.92. The van der Waals surface area contributed by atoms with E-state index in [0.29, 0.717) is 0 Å². The highest BCUT2D eigenvalue weighted by atomic mass is 35.5. The molecule has 0 amide bonds.